The minimum atomic E-state index is -4.66. The fraction of sp³-hybridized carbons (Fsp3) is 0.167. The molecule has 0 fully saturated rings. The van der Waals surface area contributed by atoms with Crippen molar-refractivity contribution in [2.75, 3.05) is 7.11 Å². The number of hydrogen-bond acceptors (Lipinski definition) is 5. The molecule has 0 saturated carbocycles. The lowest BCUT2D eigenvalue weighted by Gasteiger charge is -2.17. The average molecular weight is 343 g/mol. The summed E-state index contributed by atoms with van der Waals surface area (Å²) in [6.45, 7) is 0. The number of ketones is 1. The predicted molar refractivity (Wildman–Crippen MR) is 88.0 cm³/mol. The molecule has 0 amide bonds. The molecule has 0 bridgehead atoms. The van der Waals surface area contributed by atoms with E-state index in [4.69, 9.17) is 4.74 Å². The van der Waals surface area contributed by atoms with E-state index in [9.17, 15) is 17.8 Å². The lowest BCUT2D eigenvalue weighted by atomic mass is 9.86. The van der Waals surface area contributed by atoms with Gasteiger partial charge in [-0.15, -0.1) is 0 Å². The molecule has 0 unspecified atom stereocenters. The van der Waals surface area contributed by atoms with Crippen molar-refractivity contribution in [3.8, 4) is 5.75 Å². The number of carbonyl (C=O) groups is 1. The zero-order valence-corrected chi connectivity index (χ0v) is 13.8. The molecule has 0 heterocycles. The summed E-state index contributed by atoms with van der Waals surface area (Å²) in [5, 5.41) is 0. The number of allylic oxidation sites excluding steroid dienone is 1. The number of rotatable bonds is 3. The number of methoxy groups -OCH3 is 1. The molecule has 0 aromatic heterocycles. The minimum Gasteiger partial charge on any atom is -0.744 e. The Bertz CT molecular complexity index is 942. The highest BCUT2D eigenvalue weighted by Crippen LogP contribution is 2.29. The average Bonchev–Trinajstić information content (AvgIpc) is 2.57. The zero-order chi connectivity index (χ0) is 17.3. The van der Waals surface area contributed by atoms with Crippen molar-refractivity contribution in [3.05, 3.63) is 64.7 Å². The second-order valence-corrected chi connectivity index (χ2v) is 6.87. The summed E-state index contributed by atoms with van der Waals surface area (Å²) in [5.41, 5.74) is 2.75. The van der Waals surface area contributed by atoms with E-state index in [1.54, 1.807) is 18.2 Å². The maximum absolute atomic E-state index is 12.6. The van der Waals surface area contributed by atoms with E-state index in [2.05, 4.69) is 0 Å². The van der Waals surface area contributed by atoms with Crippen molar-refractivity contribution in [2.24, 2.45) is 0 Å². The summed E-state index contributed by atoms with van der Waals surface area (Å²) >= 11 is 0. The van der Waals surface area contributed by atoms with E-state index in [0.717, 1.165) is 12.0 Å². The van der Waals surface area contributed by atoms with Crippen LogP contribution in [0.1, 0.15) is 27.9 Å². The minimum absolute atomic E-state index is 0.00698. The van der Waals surface area contributed by atoms with E-state index in [1.807, 2.05) is 18.2 Å². The summed E-state index contributed by atoms with van der Waals surface area (Å²) in [6, 6.07) is 11.7. The molecule has 2 aromatic carbocycles. The quantitative estimate of drug-likeness (QED) is 0.632. The van der Waals surface area contributed by atoms with Crippen LogP contribution >= 0.6 is 0 Å². The standard InChI is InChI=1S/C18H16O5S/c1-23-16-9-6-12(11-17(16)24(20,21)22)10-14-8-7-13-4-2-3-5-15(13)18(14)19/h2-6,9-11H,7-8H2,1H3,(H,20,21,22)/p-1/b14-10+. The second-order valence-electron chi connectivity index (χ2n) is 5.52. The summed E-state index contributed by atoms with van der Waals surface area (Å²) < 4.78 is 39.0. The number of aryl methyl sites for hydroxylation is 1. The highest BCUT2D eigenvalue weighted by atomic mass is 32.2. The Morgan fingerprint density at radius 1 is 1.12 bits per heavy atom. The number of ether oxygens (including phenoxy) is 1. The van der Waals surface area contributed by atoms with E-state index in [-0.39, 0.29) is 11.5 Å². The molecule has 0 N–H and O–H groups in total. The Kier molecular flexibility index (Phi) is 4.26. The summed E-state index contributed by atoms with van der Waals surface area (Å²) in [6.07, 6.45) is 2.95. The molecule has 6 heteroatoms. The van der Waals surface area contributed by atoms with E-state index in [1.165, 1.54) is 19.2 Å². The predicted octanol–water partition coefficient (Wildman–Crippen LogP) is 2.81. The molecular formula is C18H15O5S-. The van der Waals surface area contributed by atoms with Crippen molar-refractivity contribution < 1.29 is 22.5 Å². The monoisotopic (exact) mass is 343 g/mol. The lowest BCUT2D eigenvalue weighted by Crippen LogP contribution is -2.13. The van der Waals surface area contributed by atoms with Crippen molar-refractivity contribution in [3.63, 3.8) is 0 Å². The van der Waals surface area contributed by atoms with Crippen molar-refractivity contribution in [1.82, 2.24) is 0 Å². The normalized spacial score (nSPS) is 16.1. The number of benzene rings is 2. The Labute approximate surface area is 140 Å². The molecule has 24 heavy (non-hydrogen) atoms. The van der Waals surface area contributed by atoms with Crippen LogP contribution in [0.2, 0.25) is 0 Å². The van der Waals surface area contributed by atoms with Gasteiger partial charge < -0.3 is 9.29 Å². The van der Waals surface area contributed by atoms with E-state index < -0.39 is 15.0 Å². The Morgan fingerprint density at radius 2 is 1.88 bits per heavy atom. The molecule has 2 aromatic rings. The van der Waals surface area contributed by atoms with Crippen molar-refractivity contribution in [2.45, 2.75) is 17.7 Å². The van der Waals surface area contributed by atoms with Crippen LogP contribution in [-0.2, 0) is 16.5 Å². The smallest absolute Gasteiger partial charge is 0.189 e. The van der Waals surface area contributed by atoms with Gasteiger partial charge in [0, 0.05) is 11.1 Å². The van der Waals surface area contributed by atoms with Crippen LogP contribution in [0.3, 0.4) is 0 Å². The fourth-order valence-electron chi connectivity index (χ4n) is 2.83. The van der Waals surface area contributed by atoms with Gasteiger partial charge in [-0.3, -0.25) is 4.79 Å². The molecule has 5 nitrogen and oxygen atoms in total. The Morgan fingerprint density at radius 3 is 2.58 bits per heavy atom. The number of carbonyl (C=O) groups excluding carboxylic acids is 1. The first-order valence-electron chi connectivity index (χ1n) is 7.37. The van der Waals surface area contributed by atoms with Crippen molar-refractivity contribution >= 4 is 22.0 Å². The molecule has 0 saturated heterocycles. The van der Waals surface area contributed by atoms with Gasteiger partial charge in [0.05, 0.1) is 12.0 Å². The topological polar surface area (TPSA) is 83.5 Å². The molecule has 3 rings (SSSR count). The second kappa shape index (κ2) is 6.22. The molecule has 0 aliphatic heterocycles. The van der Waals surface area contributed by atoms with Gasteiger partial charge in [-0.1, -0.05) is 30.3 Å². The van der Waals surface area contributed by atoms with Crippen LogP contribution in [0.25, 0.3) is 6.08 Å². The molecule has 0 spiro atoms. The van der Waals surface area contributed by atoms with Gasteiger partial charge in [0.1, 0.15) is 15.9 Å². The Hall–Kier alpha value is -2.44. The summed E-state index contributed by atoms with van der Waals surface area (Å²) in [7, 11) is -3.36. The van der Waals surface area contributed by atoms with Crippen LogP contribution in [-0.4, -0.2) is 25.9 Å². The van der Waals surface area contributed by atoms with Gasteiger partial charge in [0.2, 0.25) is 0 Å². The number of fused-ring (bicyclic) bond motifs is 1. The van der Waals surface area contributed by atoms with E-state index in [0.29, 0.717) is 23.1 Å². The fourth-order valence-corrected chi connectivity index (χ4v) is 3.51. The summed E-state index contributed by atoms with van der Waals surface area (Å²) in [5.74, 6) is -0.0772. The van der Waals surface area contributed by atoms with Gasteiger partial charge >= 0.3 is 0 Å². The number of hydrogen-bond donors (Lipinski definition) is 0. The van der Waals surface area contributed by atoms with Gasteiger partial charge in [0.25, 0.3) is 0 Å². The highest BCUT2D eigenvalue weighted by molar-refractivity contribution is 7.85. The molecule has 0 radical (unpaired) electrons. The largest absolute Gasteiger partial charge is 0.744 e. The first-order valence-corrected chi connectivity index (χ1v) is 8.78. The summed E-state index contributed by atoms with van der Waals surface area (Å²) in [4.78, 5) is 12.1. The third-order valence-corrected chi connectivity index (χ3v) is 4.87. The van der Waals surface area contributed by atoms with Crippen LogP contribution in [0, 0.1) is 0 Å². The van der Waals surface area contributed by atoms with E-state index >= 15 is 0 Å². The van der Waals surface area contributed by atoms with Gasteiger partial charge in [-0.25, -0.2) is 8.42 Å². The van der Waals surface area contributed by atoms with Gasteiger partial charge in [0.15, 0.2) is 5.78 Å². The van der Waals surface area contributed by atoms with Crippen molar-refractivity contribution in [1.29, 1.82) is 0 Å². The van der Waals surface area contributed by atoms with Crippen LogP contribution < -0.4 is 4.74 Å². The molecule has 1 aliphatic carbocycles. The SMILES string of the molecule is COc1ccc(/C=C2\CCc3ccccc3C2=O)cc1S(=O)(=O)[O-]. The zero-order valence-electron chi connectivity index (χ0n) is 13.0. The third-order valence-electron chi connectivity index (χ3n) is 4.02. The molecule has 1 aliphatic rings. The Balaban J connectivity index is 2.03. The third kappa shape index (κ3) is 3.11. The van der Waals surface area contributed by atoms with Gasteiger partial charge in [-0.05, 0) is 42.2 Å². The number of Topliss-reactive ketones (excluding diaryl/α,β-unsaturated/α-hetero) is 1. The lowest BCUT2D eigenvalue weighted by molar-refractivity contribution is 0.102. The van der Waals surface area contributed by atoms with Crippen LogP contribution in [0.5, 0.6) is 5.75 Å². The highest BCUT2D eigenvalue weighted by Gasteiger charge is 2.21. The van der Waals surface area contributed by atoms with Crippen LogP contribution in [0.4, 0.5) is 0 Å². The van der Waals surface area contributed by atoms with Crippen LogP contribution in [0.15, 0.2) is 52.9 Å². The maximum Gasteiger partial charge on any atom is 0.189 e. The first kappa shape index (κ1) is 16.4. The maximum atomic E-state index is 12.6. The molecular weight excluding hydrogens is 328 g/mol. The molecule has 124 valence electrons. The first-order chi connectivity index (χ1) is 11.4. The van der Waals surface area contributed by atoms with Gasteiger partial charge in [-0.2, -0.15) is 0 Å². The molecule has 0 atom stereocenters.